The summed E-state index contributed by atoms with van der Waals surface area (Å²) in [5.74, 6) is -0.252. The summed E-state index contributed by atoms with van der Waals surface area (Å²) in [6.45, 7) is 2.33. The molecule has 2 rings (SSSR count). The van der Waals surface area contributed by atoms with Crippen LogP contribution >= 0.6 is 11.6 Å². The first-order valence-electron chi connectivity index (χ1n) is 5.47. The molecule has 5 heteroatoms. The molecule has 0 radical (unpaired) electrons. The van der Waals surface area contributed by atoms with Crippen molar-refractivity contribution in [3.63, 3.8) is 0 Å². The molecule has 4 nitrogen and oxygen atoms in total. The molecule has 0 saturated heterocycles. The van der Waals surface area contributed by atoms with Crippen LogP contribution in [0.2, 0.25) is 5.15 Å². The van der Waals surface area contributed by atoms with Gasteiger partial charge in [0.05, 0.1) is 0 Å². The largest absolute Gasteiger partial charge is 0.347 e. The number of carbonyl (C=O) groups is 1. The molecule has 0 aromatic carbocycles. The molecule has 18 heavy (non-hydrogen) atoms. The molecule has 0 spiro atoms. The Hall–Kier alpha value is -1.94. The summed E-state index contributed by atoms with van der Waals surface area (Å²) in [4.78, 5) is 19.9. The van der Waals surface area contributed by atoms with Gasteiger partial charge in [0, 0.05) is 18.4 Å². The molecule has 0 aliphatic carbocycles. The number of nitrogens with one attached hydrogen (secondary N) is 1. The van der Waals surface area contributed by atoms with Gasteiger partial charge in [-0.15, -0.1) is 0 Å². The zero-order valence-corrected chi connectivity index (χ0v) is 10.6. The van der Waals surface area contributed by atoms with Crippen molar-refractivity contribution in [3.05, 3.63) is 58.6 Å². The number of carbonyl (C=O) groups excluding carboxylic acids is 1. The van der Waals surface area contributed by atoms with E-state index in [4.69, 9.17) is 11.6 Å². The van der Waals surface area contributed by atoms with Gasteiger partial charge in [-0.25, -0.2) is 4.98 Å². The van der Waals surface area contributed by atoms with Crippen LogP contribution in [0.5, 0.6) is 0 Å². The van der Waals surface area contributed by atoms with E-state index in [1.54, 1.807) is 24.4 Å². The van der Waals surface area contributed by atoms with Gasteiger partial charge in [-0.3, -0.25) is 9.78 Å². The lowest BCUT2D eigenvalue weighted by Crippen LogP contribution is -2.23. The number of amides is 1. The number of hydrogen-bond donors (Lipinski definition) is 1. The van der Waals surface area contributed by atoms with E-state index >= 15 is 0 Å². The van der Waals surface area contributed by atoms with Crippen LogP contribution in [0.4, 0.5) is 0 Å². The minimum Gasteiger partial charge on any atom is -0.347 e. The zero-order chi connectivity index (χ0) is 13.0. The van der Waals surface area contributed by atoms with Crippen molar-refractivity contribution in [2.24, 2.45) is 0 Å². The highest BCUT2D eigenvalue weighted by molar-refractivity contribution is 6.29. The third-order valence-corrected chi connectivity index (χ3v) is 2.58. The van der Waals surface area contributed by atoms with Crippen molar-refractivity contribution in [2.45, 2.75) is 13.5 Å². The van der Waals surface area contributed by atoms with Crippen molar-refractivity contribution < 1.29 is 4.79 Å². The van der Waals surface area contributed by atoms with Gasteiger partial charge >= 0.3 is 0 Å². The predicted molar refractivity (Wildman–Crippen MR) is 69.4 cm³/mol. The molecule has 0 saturated carbocycles. The minimum absolute atomic E-state index is 0.252. The van der Waals surface area contributed by atoms with E-state index in [2.05, 4.69) is 15.3 Å². The van der Waals surface area contributed by atoms with Crippen LogP contribution in [0, 0.1) is 6.92 Å². The van der Waals surface area contributed by atoms with Gasteiger partial charge in [0.25, 0.3) is 5.91 Å². The first kappa shape index (κ1) is 12.5. The fraction of sp³-hybridized carbons (Fsp3) is 0.154. The fourth-order valence-corrected chi connectivity index (χ4v) is 1.57. The maximum absolute atomic E-state index is 11.8. The predicted octanol–water partition coefficient (Wildman–Crippen LogP) is 2.37. The SMILES string of the molecule is Cc1ccc(CNC(=O)c2cccc(Cl)n2)cn1. The zero-order valence-electron chi connectivity index (χ0n) is 9.85. The number of nitrogens with zero attached hydrogens (tertiary/aromatic N) is 2. The van der Waals surface area contributed by atoms with E-state index in [0.29, 0.717) is 17.4 Å². The Morgan fingerprint density at radius 2 is 2.17 bits per heavy atom. The number of pyridine rings is 2. The van der Waals surface area contributed by atoms with Gasteiger partial charge in [0.2, 0.25) is 0 Å². The summed E-state index contributed by atoms with van der Waals surface area (Å²) in [6.07, 6.45) is 1.74. The maximum Gasteiger partial charge on any atom is 0.270 e. The molecule has 0 unspecified atom stereocenters. The first-order chi connectivity index (χ1) is 8.65. The van der Waals surface area contributed by atoms with Crippen LogP contribution in [0.25, 0.3) is 0 Å². The highest BCUT2D eigenvalue weighted by Gasteiger charge is 2.06. The molecule has 92 valence electrons. The summed E-state index contributed by atoms with van der Waals surface area (Å²) in [5, 5.41) is 3.07. The second-order valence-corrected chi connectivity index (χ2v) is 4.22. The molecule has 1 amide bonds. The standard InChI is InChI=1S/C13H12ClN3O/c1-9-5-6-10(7-15-9)8-16-13(18)11-3-2-4-12(14)17-11/h2-7H,8H2,1H3,(H,16,18). The average molecular weight is 262 g/mol. The molecule has 0 atom stereocenters. The monoisotopic (exact) mass is 261 g/mol. The van der Waals surface area contributed by atoms with Crippen LogP contribution in [-0.4, -0.2) is 15.9 Å². The molecule has 2 aromatic heterocycles. The third-order valence-electron chi connectivity index (χ3n) is 2.37. The van der Waals surface area contributed by atoms with Crippen molar-refractivity contribution in [2.75, 3.05) is 0 Å². The smallest absolute Gasteiger partial charge is 0.270 e. The van der Waals surface area contributed by atoms with Gasteiger partial charge in [-0.2, -0.15) is 0 Å². The van der Waals surface area contributed by atoms with E-state index in [9.17, 15) is 4.79 Å². The molecule has 2 heterocycles. The summed E-state index contributed by atoms with van der Waals surface area (Å²) in [6, 6.07) is 8.77. The van der Waals surface area contributed by atoms with Crippen molar-refractivity contribution in [3.8, 4) is 0 Å². The van der Waals surface area contributed by atoms with Crippen LogP contribution in [0.3, 0.4) is 0 Å². The second-order valence-electron chi connectivity index (χ2n) is 3.84. The Kier molecular flexibility index (Phi) is 3.89. The fourth-order valence-electron chi connectivity index (χ4n) is 1.41. The first-order valence-corrected chi connectivity index (χ1v) is 5.85. The van der Waals surface area contributed by atoms with E-state index in [-0.39, 0.29) is 5.91 Å². The average Bonchev–Trinajstić information content (AvgIpc) is 2.38. The minimum atomic E-state index is -0.252. The Bertz CT molecular complexity index is 554. The molecule has 0 bridgehead atoms. The quantitative estimate of drug-likeness (QED) is 0.863. The van der Waals surface area contributed by atoms with Gasteiger partial charge in [0.1, 0.15) is 10.8 Å². The van der Waals surface area contributed by atoms with Crippen LogP contribution < -0.4 is 5.32 Å². The lowest BCUT2D eigenvalue weighted by molar-refractivity contribution is 0.0946. The van der Waals surface area contributed by atoms with E-state index in [1.165, 1.54) is 0 Å². The topological polar surface area (TPSA) is 54.9 Å². The molecule has 2 aromatic rings. The maximum atomic E-state index is 11.8. The Labute approximate surface area is 110 Å². The Morgan fingerprint density at radius 1 is 1.33 bits per heavy atom. The lowest BCUT2D eigenvalue weighted by atomic mass is 10.2. The van der Waals surface area contributed by atoms with E-state index in [0.717, 1.165) is 11.3 Å². The lowest BCUT2D eigenvalue weighted by Gasteiger charge is -2.05. The molecule has 0 fully saturated rings. The van der Waals surface area contributed by atoms with Crippen LogP contribution in [-0.2, 0) is 6.54 Å². The van der Waals surface area contributed by atoms with Gasteiger partial charge < -0.3 is 5.32 Å². The highest BCUT2D eigenvalue weighted by atomic mass is 35.5. The van der Waals surface area contributed by atoms with E-state index in [1.807, 2.05) is 19.1 Å². The van der Waals surface area contributed by atoms with Gasteiger partial charge in [-0.05, 0) is 30.7 Å². The normalized spacial score (nSPS) is 10.1. The van der Waals surface area contributed by atoms with Gasteiger partial charge in [0.15, 0.2) is 0 Å². The number of halogens is 1. The number of aromatic nitrogens is 2. The number of rotatable bonds is 3. The molecule has 0 aliphatic heterocycles. The Balaban J connectivity index is 1.98. The van der Waals surface area contributed by atoms with Crippen molar-refractivity contribution in [1.29, 1.82) is 0 Å². The molecule has 1 N–H and O–H groups in total. The molecular weight excluding hydrogens is 250 g/mol. The van der Waals surface area contributed by atoms with Crippen molar-refractivity contribution >= 4 is 17.5 Å². The summed E-state index contributed by atoms with van der Waals surface area (Å²) in [7, 11) is 0. The van der Waals surface area contributed by atoms with E-state index < -0.39 is 0 Å². The molecular formula is C13H12ClN3O. The highest BCUT2D eigenvalue weighted by Crippen LogP contribution is 2.05. The van der Waals surface area contributed by atoms with Crippen molar-refractivity contribution in [1.82, 2.24) is 15.3 Å². The second kappa shape index (κ2) is 5.60. The Morgan fingerprint density at radius 3 is 2.83 bits per heavy atom. The summed E-state index contributed by atoms with van der Waals surface area (Å²) < 4.78 is 0. The number of hydrogen-bond acceptors (Lipinski definition) is 3. The summed E-state index contributed by atoms with van der Waals surface area (Å²) >= 11 is 5.72. The third kappa shape index (κ3) is 3.28. The number of aryl methyl sites for hydroxylation is 1. The van der Waals surface area contributed by atoms with Crippen LogP contribution in [0.15, 0.2) is 36.5 Å². The summed E-state index contributed by atoms with van der Waals surface area (Å²) in [5.41, 5.74) is 2.19. The molecule has 0 aliphatic rings. The van der Waals surface area contributed by atoms with Gasteiger partial charge in [-0.1, -0.05) is 23.7 Å². The van der Waals surface area contributed by atoms with Crippen LogP contribution in [0.1, 0.15) is 21.7 Å².